The van der Waals surface area contributed by atoms with Crippen molar-refractivity contribution in [2.45, 2.75) is 26.0 Å². The number of rotatable bonds is 1. The molecule has 2 heterocycles. The lowest BCUT2D eigenvalue weighted by Gasteiger charge is -2.16. The molecule has 0 spiro atoms. The molecule has 0 aliphatic carbocycles. The van der Waals surface area contributed by atoms with E-state index in [4.69, 9.17) is 10.5 Å². The molecule has 1 unspecified atom stereocenters. The van der Waals surface area contributed by atoms with Gasteiger partial charge < -0.3 is 10.5 Å². The fourth-order valence-corrected chi connectivity index (χ4v) is 1.71. The molecule has 15 heavy (non-hydrogen) atoms. The van der Waals surface area contributed by atoms with Gasteiger partial charge in [0.1, 0.15) is 12.0 Å². The van der Waals surface area contributed by atoms with Crippen LogP contribution in [-0.4, -0.2) is 16.2 Å². The number of hydrogen-bond acceptors (Lipinski definition) is 4. The Labute approximate surface area is 85.7 Å². The summed E-state index contributed by atoms with van der Waals surface area (Å²) in [5, 5.41) is 0. The molecule has 6 nitrogen and oxygen atoms in total. The quantitative estimate of drug-likeness (QED) is 0.669. The molecule has 0 saturated carbocycles. The standard InChI is InChI=1S/C9H13N3O3/c1-5-7(10)12(6-3-2-4-15-6)9(14)11-8(5)13/h6H,2-4,10H2,1H3,(H,11,13,14). The van der Waals surface area contributed by atoms with Gasteiger partial charge in [-0.2, -0.15) is 0 Å². The van der Waals surface area contributed by atoms with Gasteiger partial charge in [-0.3, -0.25) is 14.3 Å². The molecule has 1 atom stereocenters. The molecule has 0 aromatic carbocycles. The van der Waals surface area contributed by atoms with E-state index in [1.165, 1.54) is 4.57 Å². The summed E-state index contributed by atoms with van der Waals surface area (Å²) < 4.78 is 6.67. The third kappa shape index (κ3) is 1.56. The minimum Gasteiger partial charge on any atom is -0.385 e. The molecule has 0 radical (unpaired) electrons. The average Bonchev–Trinajstić information content (AvgIpc) is 2.68. The Morgan fingerprint density at radius 2 is 2.27 bits per heavy atom. The summed E-state index contributed by atoms with van der Waals surface area (Å²) in [7, 11) is 0. The van der Waals surface area contributed by atoms with Gasteiger partial charge in [-0.1, -0.05) is 0 Å². The van der Waals surface area contributed by atoms with E-state index in [2.05, 4.69) is 4.98 Å². The SMILES string of the molecule is Cc1c(N)n(C2CCCO2)c(=O)[nH]c1=O. The second kappa shape index (κ2) is 3.54. The number of nitrogens with zero attached hydrogens (tertiary/aromatic N) is 1. The first-order valence-electron chi connectivity index (χ1n) is 4.83. The lowest BCUT2D eigenvalue weighted by molar-refractivity contribution is 0.0543. The molecule has 82 valence electrons. The summed E-state index contributed by atoms with van der Waals surface area (Å²) in [5.74, 6) is 0.190. The number of aromatic nitrogens is 2. The van der Waals surface area contributed by atoms with Crippen LogP contribution < -0.4 is 17.0 Å². The molecule has 2 rings (SSSR count). The van der Waals surface area contributed by atoms with Gasteiger partial charge in [0.05, 0.1) is 5.56 Å². The van der Waals surface area contributed by atoms with Gasteiger partial charge in [0.25, 0.3) is 5.56 Å². The Bertz CT molecular complexity index is 482. The third-order valence-corrected chi connectivity index (χ3v) is 2.62. The van der Waals surface area contributed by atoms with Crippen LogP contribution in [0.3, 0.4) is 0 Å². The van der Waals surface area contributed by atoms with E-state index in [1.54, 1.807) is 6.92 Å². The third-order valence-electron chi connectivity index (χ3n) is 2.62. The first-order chi connectivity index (χ1) is 7.11. The van der Waals surface area contributed by atoms with E-state index in [-0.39, 0.29) is 12.0 Å². The van der Waals surface area contributed by atoms with Crippen LogP contribution in [0.5, 0.6) is 0 Å². The summed E-state index contributed by atoms with van der Waals surface area (Å²) in [5.41, 5.74) is 5.14. The largest absolute Gasteiger partial charge is 0.385 e. The highest BCUT2D eigenvalue weighted by molar-refractivity contribution is 5.37. The zero-order chi connectivity index (χ0) is 11.0. The molecular formula is C9H13N3O3. The molecule has 1 fully saturated rings. The lowest BCUT2D eigenvalue weighted by Crippen LogP contribution is -2.35. The predicted octanol–water partition coefficient (Wildman–Crippen LogP) is -0.264. The van der Waals surface area contributed by atoms with Crippen molar-refractivity contribution >= 4 is 5.82 Å². The first kappa shape index (κ1) is 9.97. The number of anilines is 1. The van der Waals surface area contributed by atoms with Gasteiger partial charge in [-0.05, 0) is 19.8 Å². The van der Waals surface area contributed by atoms with Crippen molar-refractivity contribution in [3.63, 3.8) is 0 Å². The van der Waals surface area contributed by atoms with Gasteiger partial charge >= 0.3 is 5.69 Å². The number of hydrogen-bond donors (Lipinski definition) is 2. The van der Waals surface area contributed by atoms with Gasteiger partial charge in [0, 0.05) is 6.61 Å². The summed E-state index contributed by atoms with van der Waals surface area (Å²) in [4.78, 5) is 25.0. The maximum Gasteiger partial charge on any atom is 0.332 e. The minimum absolute atomic E-state index is 0.190. The number of nitrogens with one attached hydrogen (secondary N) is 1. The van der Waals surface area contributed by atoms with Crippen LogP contribution in [0.1, 0.15) is 24.6 Å². The fraction of sp³-hybridized carbons (Fsp3) is 0.556. The second-order valence-corrected chi connectivity index (χ2v) is 3.61. The highest BCUT2D eigenvalue weighted by Gasteiger charge is 2.22. The molecule has 6 heteroatoms. The van der Waals surface area contributed by atoms with Crippen LogP contribution in [0.4, 0.5) is 5.82 Å². The normalized spacial score (nSPS) is 20.7. The minimum atomic E-state index is -0.505. The molecule has 1 aliphatic rings. The maximum absolute atomic E-state index is 11.5. The van der Waals surface area contributed by atoms with Crippen LogP contribution >= 0.6 is 0 Å². The summed E-state index contributed by atoms with van der Waals surface area (Å²) >= 11 is 0. The first-order valence-corrected chi connectivity index (χ1v) is 4.83. The van der Waals surface area contributed by atoms with Gasteiger partial charge in [-0.15, -0.1) is 0 Å². The second-order valence-electron chi connectivity index (χ2n) is 3.61. The molecule has 3 N–H and O–H groups in total. The summed E-state index contributed by atoms with van der Waals surface area (Å²) in [6.45, 7) is 2.20. The van der Waals surface area contributed by atoms with E-state index < -0.39 is 11.2 Å². The summed E-state index contributed by atoms with van der Waals surface area (Å²) in [6, 6.07) is 0. The van der Waals surface area contributed by atoms with Gasteiger partial charge in [0.15, 0.2) is 0 Å². The van der Waals surface area contributed by atoms with Crippen molar-refractivity contribution < 1.29 is 4.74 Å². The maximum atomic E-state index is 11.5. The Morgan fingerprint density at radius 1 is 1.53 bits per heavy atom. The van der Waals surface area contributed by atoms with E-state index >= 15 is 0 Å². The fourth-order valence-electron chi connectivity index (χ4n) is 1.71. The van der Waals surface area contributed by atoms with Crippen molar-refractivity contribution in [1.29, 1.82) is 0 Å². The zero-order valence-electron chi connectivity index (χ0n) is 8.45. The van der Waals surface area contributed by atoms with Crippen molar-refractivity contribution in [2.24, 2.45) is 0 Å². The van der Waals surface area contributed by atoms with Crippen molar-refractivity contribution in [3.05, 3.63) is 26.4 Å². The highest BCUT2D eigenvalue weighted by atomic mass is 16.5. The van der Waals surface area contributed by atoms with E-state index in [0.29, 0.717) is 12.2 Å². The molecular weight excluding hydrogens is 198 g/mol. The van der Waals surface area contributed by atoms with Crippen LogP contribution in [-0.2, 0) is 4.74 Å². The number of ether oxygens (including phenoxy) is 1. The molecule has 1 aliphatic heterocycles. The Kier molecular flexibility index (Phi) is 2.36. The smallest absolute Gasteiger partial charge is 0.332 e. The van der Waals surface area contributed by atoms with Crippen molar-refractivity contribution in [2.75, 3.05) is 12.3 Å². The average molecular weight is 211 g/mol. The van der Waals surface area contributed by atoms with E-state index in [1.807, 2.05) is 0 Å². The predicted molar refractivity (Wildman–Crippen MR) is 54.7 cm³/mol. The van der Waals surface area contributed by atoms with Crippen molar-refractivity contribution in [1.82, 2.24) is 9.55 Å². The zero-order valence-corrected chi connectivity index (χ0v) is 8.45. The Morgan fingerprint density at radius 3 is 2.87 bits per heavy atom. The molecule has 1 aromatic rings. The molecule has 1 aromatic heterocycles. The number of H-pyrrole nitrogens is 1. The van der Waals surface area contributed by atoms with E-state index in [0.717, 1.165) is 12.8 Å². The molecule has 0 amide bonds. The van der Waals surface area contributed by atoms with Crippen molar-refractivity contribution in [3.8, 4) is 0 Å². The van der Waals surface area contributed by atoms with E-state index in [9.17, 15) is 9.59 Å². The molecule has 1 saturated heterocycles. The van der Waals surface area contributed by atoms with Crippen LogP contribution in [0.25, 0.3) is 0 Å². The van der Waals surface area contributed by atoms with Gasteiger partial charge in [0.2, 0.25) is 0 Å². The van der Waals surface area contributed by atoms with Gasteiger partial charge in [-0.25, -0.2) is 4.79 Å². The van der Waals surface area contributed by atoms with Crippen LogP contribution in [0, 0.1) is 6.92 Å². The highest BCUT2D eigenvalue weighted by Crippen LogP contribution is 2.23. The Balaban J connectivity index is 2.60. The molecule has 0 bridgehead atoms. The van der Waals surface area contributed by atoms with Crippen LogP contribution in [0.2, 0.25) is 0 Å². The summed E-state index contributed by atoms with van der Waals surface area (Å²) in [6.07, 6.45) is 1.30. The topological polar surface area (TPSA) is 90.1 Å². The number of nitrogen functional groups attached to an aromatic ring is 1. The Hall–Kier alpha value is -1.56. The number of aromatic amines is 1. The lowest BCUT2D eigenvalue weighted by atomic mass is 10.3. The number of nitrogens with two attached hydrogens (primary N) is 1. The van der Waals surface area contributed by atoms with Crippen LogP contribution in [0.15, 0.2) is 9.59 Å². The monoisotopic (exact) mass is 211 g/mol.